The highest BCUT2D eigenvalue weighted by molar-refractivity contribution is 5.73. The zero-order valence-corrected chi connectivity index (χ0v) is 10.3. The molecule has 0 radical (unpaired) electrons. The van der Waals surface area contributed by atoms with Crippen molar-refractivity contribution in [3.8, 4) is 0 Å². The third kappa shape index (κ3) is 2.91. The van der Waals surface area contributed by atoms with Gasteiger partial charge in [-0.2, -0.15) is 0 Å². The monoisotopic (exact) mass is 257 g/mol. The molecule has 18 heavy (non-hydrogen) atoms. The summed E-state index contributed by atoms with van der Waals surface area (Å²) in [6, 6.07) is 0. The number of esters is 1. The minimum Gasteiger partial charge on any atom is -0.479 e. The van der Waals surface area contributed by atoms with Crippen LogP contribution < -0.4 is 0 Å². The Morgan fingerprint density at radius 2 is 2.00 bits per heavy atom. The van der Waals surface area contributed by atoms with Gasteiger partial charge in [-0.1, -0.05) is 19.0 Å². The van der Waals surface area contributed by atoms with Crippen molar-refractivity contribution in [1.82, 2.24) is 0 Å². The molecule has 0 aromatic heterocycles. The highest BCUT2D eigenvalue weighted by Gasteiger charge is 2.45. The summed E-state index contributed by atoms with van der Waals surface area (Å²) in [5.41, 5.74) is 8.44. The van der Waals surface area contributed by atoms with Crippen LogP contribution >= 0.6 is 0 Å². The summed E-state index contributed by atoms with van der Waals surface area (Å²) in [7, 11) is 0. The molecule has 1 N–H and O–H groups in total. The summed E-state index contributed by atoms with van der Waals surface area (Å²) in [6.07, 6.45) is -2.97. The Morgan fingerprint density at radius 1 is 1.39 bits per heavy atom. The normalized spacial score (nSPS) is 35.4. The van der Waals surface area contributed by atoms with Crippen molar-refractivity contribution in [2.24, 2.45) is 17.0 Å². The van der Waals surface area contributed by atoms with Gasteiger partial charge in [-0.05, 0) is 11.4 Å². The van der Waals surface area contributed by atoms with Crippen LogP contribution in [-0.2, 0) is 19.1 Å². The van der Waals surface area contributed by atoms with Crippen molar-refractivity contribution >= 4 is 11.9 Å². The minimum atomic E-state index is -1.13. The predicted molar refractivity (Wildman–Crippen MR) is 59.3 cm³/mol. The van der Waals surface area contributed by atoms with E-state index in [2.05, 4.69) is 10.0 Å². The maximum atomic E-state index is 11.0. The van der Waals surface area contributed by atoms with Crippen molar-refractivity contribution in [3.63, 3.8) is 0 Å². The molecule has 2 unspecified atom stereocenters. The Kier molecular flexibility index (Phi) is 4.52. The number of carbonyl (C=O) groups is 2. The number of rotatable bonds is 3. The van der Waals surface area contributed by atoms with Gasteiger partial charge in [0.15, 0.2) is 12.3 Å². The maximum Gasteiger partial charge on any atom is 0.333 e. The second-order valence-electron chi connectivity index (χ2n) is 4.28. The van der Waals surface area contributed by atoms with E-state index in [0.717, 1.165) is 0 Å². The molecule has 100 valence electrons. The molecule has 0 aromatic carbocycles. The number of nitrogens with zero attached hydrogens (tertiary/aromatic N) is 3. The van der Waals surface area contributed by atoms with Crippen LogP contribution in [0, 0.1) is 11.8 Å². The first-order chi connectivity index (χ1) is 8.38. The van der Waals surface area contributed by atoms with Gasteiger partial charge in [0.1, 0.15) is 6.10 Å². The number of ether oxygens (including phenoxy) is 2. The lowest BCUT2D eigenvalue weighted by atomic mass is 9.83. The Balaban J connectivity index is 2.99. The van der Waals surface area contributed by atoms with Gasteiger partial charge in [-0.3, -0.25) is 4.79 Å². The maximum absolute atomic E-state index is 11.0. The van der Waals surface area contributed by atoms with Gasteiger partial charge in [0.05, 0.1) is 0 Å². The van der Waals surface area contributed by atoms with Crippen LogP contribution in [0.2, 0.25) is 0 Å². The van der Waals surface area contributed by atoms with Gasteiger partial charge in [0.25, 0.3) is 0 Å². The molecule has 1 aliphatic rings. The van der Waals surface area contributed by atoms with E-state index in [0.29, 0.717) is 0 Å². The van der Waals surface area contributed by atoms with Gasteiger partial charge in [0, 0.05) is 17.8 Å². The highest BCUT2D eigenvalue weighted by atomic mass is 16.6. The number of hydrogen-bond donors (Lipinski definition) is 1. The first-order valence-corrected chi connectivity index (χ1v) is 5.48. The number of aliphatic carboxylic acids is 1. The van der Waals surface area contributed by atoms with Crippen LogP contribution in [0.15, 0.2) is 5.11 Å². The quantitative estimate of drug-likeness (QED) is 0.353. The number of hydrogen-bond acceptors (Lipinski definition) is 5. The molecule has 8 nitrogen and oxygen atoms in total. The van der Waals surface area contributed by atoms with Crippen LogP contribution in [0.4, 0.5) is 0 Å². The summed E-state index contributed by atoms with van der Waals surface area (Å²) in [5, 5.41) is 12.4. The van der Waals surface area contributed by atoms with E-state index in [-0.39, 0.29) is 11.8 Å². The number of carbonyl (C=O) groups excluding carboxylic acids is 1. The molecule has 1 aliphatic heterocycles. The molecule has 1 heterocycles. The minimum absolute atomic E-state index is 0.292. The van der Waals surface area contributed by atoms with Gasteiger partial charge in [-0.25, -0.2) is 4.79 Å². The molecule has 0 spiro atoms. The van der Waals surface area contributed by atoms with E-state index in [1.807, 2.05) is 0 Å². The average Bonchev–Trinajstić information content (AvgIpc) is 2.27. The SMILES string of the molecule is CC(=O)OC1[C@H](N=[N+]=[N-])OC(C(=O)O)[C@H](C)[C@@H]1C. The van der Waals surface area contributed by atoms with E-state index >= 15 is 0 Å². The molecule has 0 aliphatic carbocycles. The van der Waals surface area contributed by atoms with Gasteiger partial charge in [0.2, 0.25) is 0 Å². The molecular weight excluding hydrogens is 242 g/mol. The van der Waals surface area contributed by atoms with E-state index in [1.165, 1.54) is 6.92 Å². The average molecular weight is 257 g/mol. The Bertz CT molecular complexity index is 393. The molecule has 8 heteroatoms. The third-order valence-electron chi connectivity index (χ3n) is 3.10. The molecular formula is C10H15N3O5. The topological polar surface area (TPSA) is 122 Å². The lowest BCUT2D eigenvalue weighted by Gasteiger charge is -2.40. The fraction of sp³-hybridized carbons (Fsp3) is 0.800. The van der Waals surface area contributed by atoms with E-state index in [1.54, 1.807) is 13.8 Å². The van der Waals surface area contributed by atoms with Crippen molar-refractivity contribution < 1.29 is 24.2 Å². The number of carboxylic acid groups (broad SMARTS) is 1. The van der Waals surface area contributed by atoms with Gasteiger partial charge in [-0.15, -0.1) is 0 Å². The summed E-state index contributed by atoms with van der Waals surface area (Å²) >= 11 is 0. The predicted octanol–water partition coefficient (Wildman–Crippen LogP) is 1.31. The Labute approximate surface area is 103 Å². The van der Waals surface area contributed by atoms with Crippen LogP contribution in [0.25, 0.3) is 10.4 Å². The Hall–Kier alpha value is -1.79. The first-order valence-electron chi connectivity index (χ1n) is 5.48. The molecule has 0 amide bonds. The molecule has 1 saturated heterocycles. The molecule has 0 bridgehead atoms. The van der Waals surface area contributed by atoms with Crippen LogP contribution in [0.3, 0.4) is 0 Å². The van der Waals surface area contributed by atoms with Gasteiger partial charge < -0.3 is 14.6 Å². The van der Waals surface area contributed by atoms with Crippen LogP contribution in [0.5, 0.6) is 0 Å². The standard InChI is InChI=1S/C10H15N3O5/c1-4-5(2)8(10(15)16)18-9(12-13-11)7(4)17-6(3)14/h4-5,7-9H,1-3H3,(H,15,16)/t4-,5+,7?,8?,9+/m0/s1. The molecule has 1 fully saturated rings. The summed E-state index contributed by atoms with van der Waals surface area (Å²) in [6.45, 7) is 4.65. The Morgan fingerprint density at radius 3 is 2.44 bits per heavy atom. The fourth-order valence-corrected chi connectivity index (χ4v) is 1.97. The molecule has 0 saturated carbocycles. The van der Waals surface area contributed by atoms with Crippen molar-refractivity contribution in [2.75, 3.05) is 0 Å². The zero-order valence-electron chi connectivity index (χ0n) is 10.3. The first kappa shape index (κ1) is 14.3. The molecule has 5 atom stereocenters. The second-order valence-corrected chi connectivity index (χ2v) is 4.28. The third-order valence-corrected chi connectivity index (χ3v) is 3.10. The second kappa shape index (κ2) is 5.70. The smallest absolute Gasteiger partial charge is 0.333 e. The van der Waals surface area contributed by atoms with Crippen molar-refractivity contribution in [2.45, 2.75) is 39.2 Å². The molecule has 1 rings (SSSR count). The zero-order chi connectivity index (χ0) is 13.9. The summed E-state index contributed by atoms with van der Waals surface area (Å²) < 4.78 is 10.2. The van der Waals surface area contributed by atoms with E-state index in [4.69, 9.17) is 20.1 Å². The largest absolute Gasteiger partial charge is 0.479 e. The number of carboxylic acids is 1. The summed E-state index contributed by atoms with van der Waals surface area (Å²) in [4.78, 5) is 24.6. The lowest BCUT2D eigenvalue weighted by molar-refractivity contribution is -0.202. The van der Waals surface area contributed by atoms with E-state index in [9.17, 15) is 9.59 Å². The fourth-order valence-electron chi connectivity index (χ4n) is 1.97. The van der Waals surface area contributed by atoms with E-state index < -0.39 is 30.4 Å². The van der Waals surface area contributed by atoms with Crippen LogP contribution in [-0.4, -0.2) is 35.5 Å². The summed E-state index contributed by atoms with van der Waals surface area (Å²) in [5.74, 6) is -2.32. The highest BCUT2D eigenvalue weighted by Crippen LogP contribution is 2.33. The van der Waals surface area contributed by atoms with Gasteiger partial charge >= 0.3 is 11.9 Å². The van der Waals surface area contributed by atoms with Crippen LogP contribution in [0.1, 0.15) is 20.8 Å². The van der Waals surface area contributed by atoms with Crippen molar-refractivity contribution in [3.05, 3.63) is 10.4 Å². The molecule has 0 aromatic rings. The van der Waals surface area contributed by atoms with Crippen molar-refractivity contribution in [1.29, 1.82) is 0 Å². The number of azide groups is 1. The lowest BCUT2D eigenvalue weighted by Crippen LogP contribution is -2.52.